The molecule has 5 heteroatoms. The van der Waals surface area contributed by atoms with Crippen molar-refractivity contribution in [2.45, 2.75) is 44.8 Å². The van der Waals surface area contributed by atoms with Crippen LogP contribution in [-0.4, -0.2) is 22.0 Å². The number of amides is 1. The van der Waals surface area contributed by atoms with Crippen molar-refractivity contribution in [2.24, 2.45) is 0 Å². The van der Waals surface area contributed by atoms with Gasteiger partial charge in [0.15, 0.2) is 0 Å². The minimum absolute atomic E-state index is 0.127. The number of aromatic nitrogens is 2. The van der Waals surface area contributed by atoms with E-state index in [-0.39, 0.29) is 11.9 Å². The van der Waals surface area contributed by atoms with Gasteiger partial charge < -0.3 is 15.0 Å². The predicted molar refractivity (Wildman–Crippen MR) is 109 cm³/mol. The van der Waals surface area contributed by atoms with Crippen molar-refractivity contribution in [3.05, 3.63) is 72.2 Å². The van der Waals surface area contributed by atoms with Crippen LogP contribution in [0.4, 0.5) is 0 Å². The number of rotatable bonds is 6. The van der Waals surface area contributed by atoms with Gasteiger partial charge in [0.05, 0.1) is 24.0 Å². The molecule has 3 aromatic rings. The molecule has 28 heavy (non-hydrogen) atoms. The van der Waals surface area contributed by atoms with Gasteiger partial charge in [0.25, 0.3) is 5.91 Å². The summed E-state index contributed by atoms with van der Waals surface area (Å²) in [5, 5.41) is 3.00. The van der Waals surface area contributed by atoms with E-state index in [0.717, 1.165) is 35.7 Å². The van der Waals surface area contributed by atoms with Gasteiger partial charge in [0.2, 0.25) is 0 Å². The average Bonchev–Trinajstić information content (AvgIpc) is 3.41. The van der Waals surface area contributed by atoms with E-state index in [1.165, 1.54) is 12.8 Å². The summed E-state index contributed by atoms with van der Waals surface area (Å²) in [5.41, 5.74) is 2.61. The normalized spacial score (nSPS) is 15.3. The van der Waals surface area contributed by atoms with Crippen LogP contribution in [0.25, 0.3) is 11.3 Å². The van der Waals surface area contributed by atoms with Crippen LogP contribution < -0.4 is 10.1 Å². The molecule has 0 bridgehead atoms. The van der Waals surface area contributed by atoms with E-state index in [1.807, 2.05) is 61.5 Å². The lowest BCUT2D eigenvalue weighted by molar-refractivity contribution is 0.0938. The first-order valence-electron chi connectivity index (χ1n) is 9.87. The third-order valence-electron chi connectivity index (χ3n) is 5.16. The molecule has 0 saturated heterocycles. The Morgan fingerprint density at radius 1 is 1.11 bits per heavy atom. The Labute approximate surface area is 165 Å². The molecule has 1 aliphatic carbocycles. The van der Waals surface area contributed by atoms with Crippen molar-refractivity contribution in [3.63, 3.8) is 0 Å². The Balaban J connectivity index is 1.37. The lowest BCUT2D eigenvalue weighted by Gasteiger charge is -2.14. The van der Waals surface area contributed by atoms with Crippen LogP contribution in [-0.2, 0) is 0 Å². The number of ether oxygens (including phenoxy) is 1. The van der Waals surface area contributed by atoms with E-state index in [4.69, 9.17) is 4.74 Å². The highest BCUT2D eigenvalue weighted by atomic mass is 16.5. The zero-order valence-corrected chi connectivity index (χ0v) is 16.0. The number of carbonyl (C=O) groups excluding carboxylic acids is 1. The summed E-state index contributed by atoms with van der Waals surface area (Å²) < 4.78 is 5.96. The van der Waals surface area contributed by atoms with Crippen molar-refractivity contribution in [1.29, 1.82) is 0 Å². The monoisotopic (exact) mass is 375 g/mol. The molecule has 1 aliphatic rings. The first kappa shape index (κ1) is 18.3. The van der Waals surface area contributed by atoms with Gasteiger partial charge >= 0.3 is 0 Å². The Kier molecular flexibility index (Phi) is 5.42. The standard InChI is InChI=1S/C23H25N3O2/c1-16(22-24-15-21(26-22)17-7-3-2-4-8-17)25-23(27)18-11-13-20(14-12-18)28-19-9-5-6-10-19/h2-4,7-8,11-16,19H,5-6,9-10H2,1H3,(H,24,26)(H,25,27). The van der Waals surface area contributed by atoms with Gasteiger partial charge in [-0.15, -0.1) is 0 Å². The fourth-order valence-corrected chi connectivity index (χ4v) is 3.55. The van der Waals surface area contributed by atoms with E-state index in [0.29, 0.717) is 11.7 Å². The Morgan fingerprint density at radius 2 is 1.82 bits per heavy atom. The molecule has 1 atom stereocenters. The minimum atomic E-state index is -0.223. The van der Waals surface area contributed by atoms with Crippen molar-refractivity contribution in [1.82, 2.24) is 15.3 Å². The predicted octanol–water partition coefficient (Wildman–Crippen LogP) is 4.89. The molecule has 1 saturated carbocycles. The highest BCUT2D eigenvalue weighted by Crippen LogP contribution is 2.24. The summed E-state index contributed by atoms with van der Waals surface area (Å²) in [4.78, 5) is 20.3. The summed E-state index contributed by atoms with van der Waals surface area (Å²) in [6.07, 6.45) is 6.82. The second kappa shape index (κ2) is 8.30. The summed E-state index contributed by atoms with van der Waals surface area (Å²) in [7, 11) is 0. The zero-order chi connectivity index (χ0) is 19.3. The molecule has 1 unspecified atom stereocenters. The number of hydrogen-bond acceptors (Lipinski definition) is 3. The molecular weight excluding hydrogens is 350 g/mol. The van der Waals surface area contributed by atoms with Crippen LogP contribution in [0.3, 0.4) is 0 Å². The molecule has 5 nitrogen and oxygen atoms in total. The van der Waals surface area contributed by atoms with E-state index in [1.54, 1.807) is 6.20 Å². The fourth-order valence-electron chi connectivity index (χ4n) is 3.55. The number of nitrogens with one attached hydrogen (secondary N) is 2. The number of aromatic amines is 1. The van der Waals surface area contributed by atoms with E-state index >= 15 is 0 Å². The quantitative estimate of drug-likeness (QED) is 0.645. The van der Waals surface area contributed by atoms with Gasteiger partial charge in [-0.1, -0.05) is 30.3 Å². The largest absolute Gasteiger partial charge is 0.490 e. The van der Waals surface area contributed by atoms with Gasteiger partial charge in [-0.2, -0.15) is 0 Å². The lowest BCUT2D eigenvalue weighted by Crippen LogP contribution is -2.27. The number of carbonyl (C=O) groups is 1. The minimum Gasteiger partial charge on any atom is -0.490 e. The maximum atomic E-state index is 12.6. The summed E-state index contributed by atoms with van der Waals surface area (Å²) >= 11 is 0. The van der Waals surface area contributed by atoms with Crippen molar-refractivity contribution in [2.75, 3.05) is 0 Å². The molecule has 1 aromatic heterocycles. The van der Waals surface area contributed by atoms with E-state index in [2.05, 4.69) is 15.3 Å². The van der Waals surface area contributed by atoms with Crippen LogP contribution in [0.1, 0.15) is 54.8 Å². The van der Waals surface area contributed by atoms with Crippen molar-refractivity contribution >= 4 is 5.91 Å². The van der Waals surface area contributed by atoms with Gasteiger partial charge in [-0.05, 0) is 62.4 Å². The highest BCUT2D eigenvalue weighted by molar-refractivity contribution is 5.94. The van der Waals surface area contributed by atoms with Gasteiger partial charge in [0.1, 0.15) is 11.6 Å². The second-order valence-electron chi connectivity index (χ2n) is 7.29. The number of benzene rings is 2. The molecular formula is C23H25N3O2. The average molecular weight is 375 g/mol. The third-order valence-corrected chi connectivity index (χ3v) is 5.16. The molecule has 0 radical (unpaired) electrons. The molecule has 1 heterocycles. The molecule has 2 N–H and O–H groups in total. The Bertz CT molecular complexity index is 913. The summed E-state index contributed by atoms with van der Waals surface area (Å²) in [6.45, 7) is 1.92. The molecule has 4 rings (SSSR count). The molecule has 0 spiro atoms. The topological polar surface area (TPSA) is 67.0 Å². The molecule has 2 aromatic carbocycles. The Morgan fingerprint density at radius 3 is 2.54 bits per heavy atom. The van der Waals surface area contributed by atoms with Crippen LogP contribution in [0.2, 0.25) is 0 Å². The van der Waals surface area contributed by atoms with Crippen LogP contribution in [0.15, 0.2) is 60.8 Å². The number of H-pyrrole nitrogens is 1. The zero-order valence-electron chi connectivity index (χ0n) is 16.0. The summed E-state index contributed by atoms with van der Waals surface area (Å²) in [6, 6.07) is 17.1. The molecule has 1 amide bonds. The van der Waals surface area contributed by atoms with Crippen LogP contribution >= 0.6 is 0 Å². The first-order chi connectivity index (χ1) is 13.7. The van der Waals surface area contributed by atoms with Crippen LogP contribution in [0, 0.1) is 0 Å². The molecule has 0 aliphatic heterocycles. The maximum absolute atomic E-state index is 12.6. The van der Waals surface area contributed by atoms with Crippen LogP contribution in [0.5, 0.6) is 5.75 Å². The van der Waals surface area contributed by atoms with Gasteiger partial charge in [-0.25, -0.2) is 4.98 Å². The first-order valence-corrected chi connectivity index (χ1v) is 9.87. The number of hydrogen-bond donors (Lipinski definition) is 2. The highest BCUT2D eigenvalue weighted by Gasteiger charge is 2.17. The smallest absolute Gasteiger partial charge is 0.251 e. The fraction of sp³-hybridized carbons (Fsp3) is 0.304. The van der Waals surface area contributed by atoms with Crippen molar-refractivity contribution < 1.29 is 9.53 Å². The lowest BCUT2D eigenvalue weighted by atomic mass is 10.2. The Hall–Kier alpha value is -3.08. The number of imidazole rings is 1. The van der Waals surface area contributed by atoms with Crippen molar-refractivity contribution in [3.8, 4) is 17.0 Å². The SMILES string of the molecule is CC(NC(=O)c1ccc(OC2CCCC2)cc1)c1ncc(-c2ccccc2)[nH]1. The number of nitrogens with zero attached hydrogens (tertiary/aromatic N) is 1. The van der Waals surface area contributed by atoms with Gasteiger partial charge in [-0.3, -0.25) is 4.79 Å². The maximum Gasteiger partial charge on any atom is 0.251 e. The van der Waals surface area contributed by atoms with Gasteiger partial charge in [0, 0.05) is 5.56 Å². The third kappa shape index (κ3) is 4.25. The van der Waals surface area contributed by atoms with E-state index in [9.17, 15) is 4.79 Å². The second-order valence-corrected chi connectivity index (χ2v) is 7.29. The molecule has 1 fully saturated rings. The summed E-state index contributed by atoms with van der Waals surface area (Å²) in [5.74, 6) is 1.43. The molecule has 144 valence electrons. The van der Waals surface area contributed by atoms with E-state index < -0.39 is 0 Å².